The SMILES string of the molecule is CNC(=O)C(C)N(Cc1ccccc1F)C(=O)CN(c1cccc(Cl)c1Cl)S(=O)(=O)c1ccccc1. The number of carbonyl (C=O) groups is 2. The molecule has 0 bridgehead atoms. The molecule has 1 unspecified atom stereocenters. The van der Waals surface area contributed by atoms with Crippen LogP contribution in [0, 0.1) is 5.82 Å². The predicted octanol–water partition coefficient (Wildman–Crippen LogP) is 4.49. The number of hydrogen-bond donors (Lipinski definition) is 1. The number of nitrogens with zero attached hydrogens (tertiary/aromatic N) is 2. The molecule has 1 N–H and O–H groups in total. The number of carbonyl (C=O) groups excluding carboxylic acids is 2. The van der Waals surface area contributed by atoms with Gasteiger partial charge in [0.15, 0.2) is 0 Å². The Morgan fingerprint density at radius 3 is 2.25 bits per heavy atom. The molecule has 2 amide bonds. The molecule has 190 valence electrons. The highest BCUT2D eigenvalue weighted by atomic mass is 35.5. The Labute approximate surface area is 219 Å². The molecular weight excluding hydrogens is 528 g/mol. The van der Waals surface area contributed by atoms with Crippen molar-refractivity contribution in [1.82, 2.24) is 10.2 Å². The Bertz CT molecular complexity index is 1360. The lowest BCUT2D eigenvalue weighted by Crippen LogP contribution is -2.50. The van der Waals surface area contributed by atoms with Crippen LogP contribution >= 0.6 is 23.2 Å². The number of anilines is 1. The van der Waals surface area contributed by atoms with E-state index in [9.17, 15) is 22.4 Å². The van der Waals surface area contributed by atoms with E-state index in [2.05, 4.69) is 5.32 Å². The van der Waals surface area contributed by atoms with Crippen LogP contribution in [0.1, 0.15) is 12.5 Å². The van der Waals surface area contributed by atoms with Crippen LogP contribution in [-0.4, -0.2) is 44.8 Å². The molecule has 0 aromatic heterocycles. The molecule has 36 heavy (non-hydrogen) atoms. The zero-order valence-corrected chi connectivity index (χ0v) is 21.8. The maximum absolute atomic E-state index is 14.4. The monoisotopic (exact) mass is 551 g/mol. The van der Waals surface area contributed by atoms with Crippen LogP contribution in [0.5, 0.6) is 0 Å². The Morgan fingerprint density at radius 1 is 0.972 bits per heavy atom. The predicted molar refractivity (Wildman–Crippen MR) is 138 cm³/mol. The standard InChI is InChI=1S/C25H24Cl2FN3O4S/c1-17(25(33)29-2)30(15-18-9-6-7-13-21(18)28)23(32)16-31(22-14-8-12-20(26)24(22)27)36(34,35)19-10-4-3-5-11-19/h3-14,17H,15-16H2,1-2H3,(H,29,33). The Balaban J connectivity index is 2.08. The van der Waals surface area contributed by atoms with Gasteiger partial charge in [-0.15, -0.1) is 0 Å². The highest BCUT2D eigenvalue weighted by Gasteiger charge is 2.33. The van der Waals surface area contributed by atoms with Crippen molar-refractivity contribution in [2.24, 2.45) is 0 Å². The smallest absolute Gasteiger partial charge is 0.264 e. The van der Waals surface area contributed by atoms with Crippen LogP contribution < -0.4 is 9.62 Å². The highest BCUT2D eigenvalue weighted by Crippen LogP contribution is 2.35. The minimum atomic E-state index is -4.29. The number of halogens is 3. The number of hydrogen-bond acceptors (Lipinski definition) is 4. The van der Waals surface area contributed by atoms with Gasteiger partial charge in [0, 0.05) is 19.2 Å². The number of rotatable bonds is 9. The summed E-state index contributed by atoms with van der Waals surface area (Å²) in [6.45, 7) is 0.496. The third-order valence-electron chi connectivity index (χ3n) is 5.52. The first-order valence-electron chi connectivity index (χ1n) is 10.8. The molecule has 0 saturated carbocycles. The van der Waals surface area contributed by atoms with Gasteiger partial charge in [-0.05, 0) is 37.3 Å². The molecule has 1 atom stereocenters. The first-order valence-corrected chi connectivity index (χ1v) is 13.0. The molecule has 0 fully saturated rings. The van der Waals surface area contributed by atoms with Crippen molar-refractivity contribution < 1.29 is 22.4 Å². The van der Waals surface area contributed by atoms with E-state index in [1.807, 2.05) is 0 Å². The summed E-state index contributed by atoms with van der Waals surface area (Å²) in [5, 5.41) is 2.49. The number of sulfonamides is 1. The van der Waals surface area contributed by atoms with Crippen LogP contribution in [0.3, 0.4) is 0 Å². The molecule has 0 aliphatic carbocycles. The van der Waals surface area contributed by atoms with Gasteiger partial charge in [0.2, 0.25) is 11.8 Å². The summed E-state index contributed by atoms with van der Waals surface area (Å²) < 4.78 is 42.5. The molecule has 0 spiro atoms. The van der Waals surface area contributed by atoms with E-state index in [1.54, 1.807) is 24.3 Å². The fraction of sp³-hybridized carbons (Fsp3) is 0.200. The van der Waals surface area contributed by atoms with E-state index in [0.29, 0.717) is 0 Å². The summed E-state index contributed by atoms with van der Waals surface area (Å²) in [5.74, 6) is -1.81. The van der Waals surface area contributed by atoms with E-state index in [-0.39, 0.29) is 32.7 Å². The summed E-state index contributed by atoms with van der Waals surface area (Å²) in [6, 6.07) is 16.7. The lowest BCUT2D eigenvalue weighted by Gasteiger charge is -2.32. The molecule has 0 heterocycles. The average molecular weight is 552 g/mol. The highest BCUT2D eigenvalue weighted by molar-refractivity contribution is 7.92. The maximum Gasteiger partial charge on any atom is 0.264 e. The zero-order valence-electron chi connectivity index (χ0n) is 19.5. The fourth-order valence-electron chi connectivity index (χ4n) is 3.52. The number of nitrogens with one attached hydrogen (secondary N) is 1. The van der Waals surface area contributed by atoms with Gasteiger partial charge >= 0.3 is 0 Å². The molecule has 7 nitrogen and oxygen atoms in total. The molecule has 0 aliphatic heterocycles. The lowest BCUT2D eigenvalue weighted by molar-refractivity contribution is -0.139. The summed E-state index contributed by atoms with van der Waals surface area (Å²) in [4.78, 5) is 27.1. The second-order valence-corrected chi connectivity index (χ2v) is 10.4. The van der Waals surface area contributed by atoms with E-state index in [0.717, 1.165) is 9.21 Å². The zero-order chi connectivity index (χ0) is 26.5. The minimum absolute atomic E-state index is 0.0141. The topological polar surface area (TPSA) is 86.8 Å². The largest absolute Gasteiger partial charge is 0.357 e. The molecular formula is C25H24Cl2FN3O4S. The van der Waals surface area contributed by atoms with Gasteiger partial charge in [0.1, 0.15) is 18.4 Å². The molecule has 0 saturated heterocycles. The second kappa shape index (κ2) is 11.7. The summed E-state index contributed by atoms with van der Waals surface area (Å²) in [7, 11) is -2.88. The molecule has 3 aromatic carbocycles. The van der Waals surface area contributed by atoms with Crippen molar-refractivity contribution in [1.29, 1.82) is 0 Å². The van der Waals surface area contributed by atoms with Crippen molar-refractivity contribution in [3.8, 4) is 0 Å². The van der Waals surface area contributed by atoms with E-state index in [4.69, 9.17) is 23.2 Å². The Kier molecular flexibility index (Phi) is 8.94. The maximum atomic E-state index is 14.4. The average Bonchev–Trinajstić information content (AvgIpc) is 2.88. The fourth-order valence-corrected chi connectivity index (χ4v) is 5.41. The Morgan fingerprint density at radius 2 is 1.61 bits per heavy atom. The van der Waals surface area contributed by atoms with Gasteiger partial charge < -0.3 is 10.2 Å². The van der Waals surface area contributed by atoms with Crippen molar-refractivity contribution in [2.75, 3.05) is 17.9 Å². The summed E-state index contributed by atoms with van der Waals surface area (Å²) >= 11 is 12.5. The van der Waals surface area contributed by atoms with Crippen molar-refractivity contribution in [2.45, 2.75) is 24.4 Å². The van der Waals surface area contributed by atoms with Crippen molar-refractivity contribution in [3.05, 3.63) is 94.2 Å². The first-order chi connectivity index (χ1) is 17.1. The minimum Gasteiger partial charge on any atom is -0.357 e. The molecule has 0 aliphatic rings. The van der Waals surface area contributed by atoms with Gasteiger partial charge in [0.05, 0.1) is 20.6 Å². The number of benzene rings is 3. The van der Waals surface area contributed by atoms with Crippen LogP contribution in [-0.2, 0) is 26.2 Å². The quantitative estimate of drug-likeness (QED) is 0.424. The third kappa shape index (κ3) is 5.98. The molecule has 0 radical (unpaired) electrons. The van der Waals surface area contributed by atoms with Gasteiger partial charge in [0.25, 0.3) is 10.0 Å². The van der Waals surface area contributed by atoms with Gasteiger partial charge in [-0.3, -0.25) is 13.9 Å². The van der Waals surface area contributed by atoms with Gasteiger partial charge in [-0.1, -0.05) is 65.7 Å². The second-order valence-electron chi connectivity index (χ2n) is 7.80. The van der Waals surface area contributed by atoms with Crippen LogP contribution in [0.25, 0.3) is 0 Å². The normalized spacial score (nSPS) is 12.0. The van der Waals surface area contributed by atoms with Crippen molar-refractivity contribution >= 4 is 50.7 Å². The molecule has 3 rings (SSSR count). The van der Waals surface area contributed by atoms with Gasteiger partial charge in [-0.2, -0.15) is 0 Å². The van der Waals surface area contributed by atoms with Crippen LogP contribution in [0.15, 0.2) is 77.7 Å². The first kappa shape index (κ1) is 27.4. The molecule has 11 heteroatoms. The van der Waals surface area contributed by atoms with E-state index >= 15 is 0 Å². The van der Waals surface area contributed by atoms with Crippen LogP contribution in [0.2, 0.25) is 10.0 Å². The Hall–Kier alpha value is -3.14. The summed E-state index contributed by atoms with van der Waals surface area (Å²) in [5.41, 5.74) is 0.152. The van der Waals surface area contributed by atoms with Crippen molar-refractivity contribution in [3.63, 3.8) is 0 Å². The third-order valence-corrected chi connectivity index (χ3v) is 8.11. The molecule has 3 aromatic rings. The van der Waals surface area contributed by atoms with E-state index in [1.165, 1.54) is 62.5 Å². The van der Waals surface area contributed by atoms with Gasteiger partial charge in [-0.25, -0.2) is 12.8 Å². The summed E-state index contributed by atoms with van der Waals surface area (Å²) in [6.07, 6.45) is 0. The number of likely N-dealkylation sites (N-methyl/N-ethyl adjacent to an activating group) is 1. The van der Waals surface area contributed by atoms with Crippen LogP contribution in [0.4, 0.5) is 10.1 Å². The lowest BCUT2D eigenvalue weighted by atomic mass is 10.1. The van der Waals surface area contributed by atoms with E-state index < -0.39 is 40.2 Å². The number of amides is 2.